The summed E-state index contributed by atoms with van der Waals surface area (Å²) in [5, 5.41) is 1.29. The van der Waals surface area contributed by atoms with Gasteiger partial charge in [0.2, 0.25) is 5.91 Å². The number of furan rings is 1. The highest BCUT2D eigenvalue weighted by Crippen LogP contribution is 2.33. The second-order valence-electron chi connectivity index (χ2n) is 7.68. The van der Waals surface area contributed by atoms with Crippen molar-refractivity contribution in [3.63, 3.8) is 0 Å². The third-order valence-corrected chi connectivity index (χ3v) is 5.84. The summed E-state index contributed by atoms with van der Waals surface area (Å²) in [5.74, 6) is 2.00. The van der Waals surface area contributed by atoms with Crippen molar-refractivity contribution in [1.29, 1.82) is 0 Å². The SMILES string of the molecule is CC(=O)c1cc(CCC(=O)N2CCC(c3c[nH]c4ccccc34)CC2)oc1C. The summed E-state index contributed by atoms with van der Waals surface area (Å²) in [5.41, 5.74) is 3.15. The zero-order valence-electron chi connectivity index (χ0n) is 16.5. The standard InChI is InChI=1S/C23H26N2O3/c1-15(26)20-13-18(28-16(20)2)7-8-23(27)25-11-9-17(10-12-25)21-14-24-22-6-4-3-5-19(21)22/h3-6,13-14,17,24H,7-12H2,1-2H3. The molecule has 2 aromatic heterocycles. The molecule has 146 valence electrons. The molecule has 1 fully saturated rings. The Kier molecular flexibility index (Phi) is 5.07. The van der Waals surface area contributed by atoms with Crippen LogP contribution in [0.1, 0.15) is 59.5 Å². The molecule has 3 heterocycles. The monoisotopic (exact) mass is 378 g/mol. The maximum atomic E-state index is 12.6. The van der Waals surface area contributed by atoms with Gasteiger partial charge in [-0.25, -0.2) is 0 Å². The first-order valence-electron chi connectivity index (χ1n) is 9.97. The molecule has 1 aliphatic rings. The minimum atomic E-state index is -0.00169. The predicted octanol–water partition coefficient (Wildman–Crippen LogP) is 4.61. The van der Waals surface area contributed by atoms with Gasteiger partial charge in [0.05, 0.1) is 5.56 Å². The quantitative estimate of drug-likeness (QED) is 0.659. The summed E-state index contributed by atoms with van der Waals surface area (Å²) >= 11 is 0. The van der Waals surface area contributed by atoms with Gasteiger partial charge in [0.25, 0.3) is 0 Å². The molecule has 5 nitrogen and oxygen atoms in total. The van der Waals surface area contributed by atoms with Crippen LogP contribution in [0.2, 0.25) is 0 Å². The number of nitrogens with zero attached hydrogens (tertiary/aromatic N) is 1. The van der Waals surface area contributed by atoms with Crippen molar-refractivity contribution >= 4 is 22.6 Å². The molecule has 0 aliphatic carbocycles. The Balaban J connectivity index is 1.33. The first-order chi connectivity index (χ1) is 13.5. The fourth-order valence-corrected chi connectivity index (χ4v) is 4.28. The van der Waals surface area contributed by atoms with Crippen molar-refractivity contribution in [2.24, 2.45) is 0 Å². The second kappa shape index (κ2) is 7.66. The fourth-order valence-electron chi connectivity index (χ4n) is 4.28. The van der Waals surface area contributed by atoms with Crippen molar-refractivity contribution in [3.8, 4) is 0 Å². The van der Waals surface area contributed by atoms with Crippen molar-refractivity contribution in [1.82, 2.24) is 9.88 Å². The lowest BCUT2D eigenvalue weighted by atomic mass is 9.89. The van der Waals surface area contributed by atoms with Crippen LogP contribution in [-0.4, -0.2) is 34.7 Å². The number of aromatic amines is 1. The molecule has 0 radical (unpaired) electrons. The molecule has 1 aromatic carbocycles. The number of carbonyl (C=O) groups is 2. The largest absolute Gasteiger partial charge is 0.466 e. The van der Waals surface area contributed by atoms with Crippen LogP contribution in [0.25, 0.3) is 10.9 Å². The number of benzene rings is 1. The summed E-state index contributed by atoms with van der Waals surface area (Å²) in [7, 11) is 0. The van der Waals surface area contributed by atoms with E-state index in [4.69, 9.17) is 4.42 Å². The Morgan fingerprint density at radius 1 is 1.21 bits per heavy atom. The van der Waals surface area contributed by atoms with Crippen LogP contribution in [-0.2, 0) is 11.2 Å². The topological polar surface area (TPSA) is 66.3 Å². The maximum Gasteiger partial charge on any atom is 0.223 e. The van der Waals surface area contributed by atoms with Gasteiger partial charge < -0.3 is 14.3 Å². The van der Waals surface area contributed by atoms with Crippen LogP contribution in [0, 0.1) is 6.92 Å². The van der Waals surface area contributed by atoms with Crippen LogP contribution in [0.15, 0.2) is 40.9 Å². The Labute approximate surface area is 164 Å². The summed E-state index contributed by atoms with van der Waals surface area (Å²) in [6.45, 7) is 4.90. The molecular formula is C23H26N2O3. The van der Waals surface area contributed by atoms with E-state index in [1.807, 2.05) is 11.0 Å². The first kappa shape index (κ1) is 18.5. The maximum absolute atomic E-state index is 12.6. The number of nitrogens with one attached hydrogen (secondary N) is 1. The number of fused-ring (bicyclic) bond motifs is 1. The Bertz CT molecular complexity index is 1010. The zero-order chi connectivity index (χ0) is 19.7. The number of aryl methyl sites for hydroxylation is 2. The third kappa shape index (κ3) is 3.61. The van der Waals surface area contributed by atoms with Crippen LogP contribution in [0.3, 0.4) is 0 Å². The lowest BCUT2D eigenvalue weighted by Gasteiger charge is -2.32. The van der Waals surface area contributed by atoms with E-state index in [9.17, 15) is 9.59 Å². The number of amides is 1. The predicted molar refractivity (Wildman–Crippen MR) is 109 cm³/mol. The zero-order valence-corrected chi connectivity index (χ0v) is 16.5. The molecule has 0 unspecified atom stereocenters. The lowest BCUT2D eigenvalue weighted by molar-refractivity contribution is -0.132. The summed E-state index contributed by atoms with van der Waals surface area (Å²) in [6.07, 6.45) is 5.06. The van der Waals surface area contributed by atoms with E-state index in [0.29, 0.717) is 35.8 Å². The Morgan fingerprint density at radius 3 is 2.68 bits per heavy atom. The van der Waals surface area contributed by atoms with Crippen molar-refractivity contribution in [2.75, 3.05) is 13.1 Å². The van der Waals surface area contributed by atoms with Gasteiger partial charge in [-0.2, -0.15) is 0 Å². The highest BCUT2D eigenvalue weighted by Gasteiger charge is 2.25. The van der Waals surface area contributed by atoms with E-state index >= 15 is 0 Å². The average molecular weight is 378 g/mol. The number of ketones is 1. The van der Waals surface area contributed by atoms with Gasteiger partial charge in [-0.05, 0) is 50.3 Å². The van der Waals surface area contributed by atoms with E-state index in [0.717, 1.165) is 25.9 Å². The lowest BCUT2D eigenvalue weighted by Crippen LogP contribution is -2.38. The molecule has 1 saturated heterocycles. The molecule has 4 rings (SSSR count). The highest BCUT2D eigenvalue weighted by atomic mass is 16.3. The van der Waals surface area contributed by atoms with Crippen molar-refractivity contribution < 1.29 is 14.0 Å². The number of aromatic nitrogens is 1. The van der Waals surface area contributed by atoms with Gasteiger partial charge in [-0.15, -0.1) is 0 Å². The van der Waals surface area contributed by atoms with Gasteiger partial charge in [0.15, 0.2) is 5.78 Å². The first-order valence-corrected chi connectivity index (χ1v) is 9.97. The van der Waals surface area contributed by atoms with Gasteiger partial charge in [0, 0.05) is 43.0 Å². The number of likely N-dealkylation sites (tertiary alicyclic amines) is 1. The van der Waals surface area contributed by atoms with Crippen LogP contribution >= 0.6 is 0 Å². The molecular weight excluding hydrogens is 352 g/mol. The minimum Gasteiger partial charge on any atom is -0.466 e. The van der Waals surface area contributed by atoms with Gasteiger partial charge >= 0.3 is 0 Å². The van der Waals surface area contributed by atoms with Crippen LogP contribution in [0.4, 0.5) is 0 Å². The molecule has 5 heteroatoms. The Morgan fingerprint density at radius 2 is 1.96 bits per heavy atom. The second-order valence-corrected chi connectivity index (χ2v) is 7.68. The number of hydrogen-bond donors (Lipinski definition) is 1. The number of piperidine rings is 1. The molecule has 28 heavy (non-hydrogen) atoms. The molecule has 0 atom stereocenters. The van der Waals surface area contributed by atoms with Crippen molar-refractivity contribution in [3.05, 3.63) is 59.2 Å². The van der Waals surface area contributed by atoms with E-state index in [-0.39, 0.29) is 11.7 Å². The van der Waals surface area contributed by atoms with E-state index in [2.05, 4.69) is 29.4 Å². The Hall–Kier alpha value is -2.82. The van der Waals surface area contributed by atoms with Gasteiger partial charge in [-0.1, -0.05) is 18.2 Å². The summed E-state index contributed by atoms with van der Waals surface area (Å²) < 4.78 is 5.63. The van der Waals surface area contributed by atoms with Crippen LogP contribution < -0.4 is 0 Å². The molecule has 0 saturated carbocycles. The van der Waals surface area contributed by atoms with E-state index < -0.39 is 0 Å². The number of H-pyrrole nitrogens is 1. The number of carbonyl (C=O) groups excluding carboxylic acids is 2. The molecule has 1 aliphatic heterocycles. The minimum absolute atomic E-state index is 0.00169. The molecule has 3 aromatic rings. The smallest absolute Gasteiger partial charge is 0.223 e. The number of para-hydroxylation sites is 1. The molecule has 0 bridgehead atoms. The van der Waals surface area contributed by atoms with Gasteiger partial charge in [-0.3, -0.25) is 9.59 Å². The molecule has 1 N–H and O–H groups in total. The van der Waals surface area contributed by atoms with Crippen LogP contribution in [0.5, 0.6) is 0 Å². The number of Topliss-reactive ketones (excluding diaryl/α,β-unsaturated/α-hetero) is 1. The molecule has 1 amide bonds. The average Bonchev–Trinajstić information content (AvgIpc) is 3.30. The van der Waals surface area contributed by atoms with Gasteiger partial charge in [0.1, 0.15) is 11.5 Å². The van der Waals surface area contributed by atoms with E-state index in [1.165, 1.54) is 23.4 Å². The molecule has 0 spiro atoms. The van der Waals surface area contributed by atoms with E-state index in [1.54, 1.807) is 13.0 Å². The van der Waals surface area contributed by atoms with Crippen molar-refractivity contribution in [2.45, 2.75) is 45.4 Å². The fraction of sp³-hybridized carbons (Fsp3) is 0.391. The highest BCUT2D eigenvalue weighted by molar-refractivity contribution is 5.95. The third-order valence-electron chi connectivity index (χ3n) is 5.84. The number of rotatable bonds is 5. The normalized spacial score (nSPS) is 15.3. The summed E-state index contributed by atoms with van der Waals surface area (Å²) in [6, 6.07) is 10.2. The number of hydrogen-bond acceptors (Lipinski definition) is 3. The summed E-state index contributed by atoms with van der Waals surface area (Å²) in [4.78, 5) is 29.5.